The molecule has 6 heteroatoms. The van der Waals surface area contributed by atoms with Gasteiger partial charge in [0, 0.05) is 16.4 Å². The van der Waals surface area contributed by atoms with Crippen LogP contribution in [0.25, 0.3) is 0 Å². The van der Waals surface area contributed by atoms with E-state index in [-0.39, 0.29) is 5.56 Å². The summed E-state index contributed by atoms with van der Waals surface area (Å²) in [4.78, 5) is 10.9. The number of anilines is 2. The summed E-state index contributed by atoms with van der Waals surface area (Å²) in [5, 5.41) is 15.9. The van der Waals surface area contributed by atoms with Crippen LogP contribution < -0.4 is 10.6 Å². The number of halogens is 1. The van der Waals surface area contributed by atoms with Gasteiger partial charge >= 0.3 is 5.97 Å². The molecular weight excluding hydrogens is 308 g/mol. The molecule has 0 saturated heterocycles. The minimum Gasteiger partial charge on any atom is -0.478 e. The van der Waals surface area contributed by atoms with Gasteiger partial charge in [0.1, 0.15) is 0 Å². The zero-order chi connectivity index (χ0) is 15.4. The molecule has 21 heavy (non-hydrogen) atoms. The highest BCUT2D eigenvalue weighted by molar-refractivity contribution is 7.80. The molecule has 0 aliphatic heterocycles. The summed E-state index contributed by atoms with van der Waals surface area (Å²) in [6, 6.07) is 11.9. The lowest BCUT2D eigenvalue weighted by Crippen LogP contribution is -2.19. The third-order valence-electron chi connectivity index (χ3n) is 2.82. The van der Waals surface area contributed by atoms with E-state index in [1.54, 1.807) is 24.3 Å². The van der Waals surface area contributed by atoms with Crippen molar-refractivity contribution in [3.05, 3.63) is 58.6 Å². The van der Waals surface area contributed by atoms with Crippen LogP contribution in [0.15, 0.2) is 42.5 Å². The first-order chi connectivity index (χ1) is 9.95. The Labute approximate surface area is 132 Å². The number of carbonyl (C=O) groups is 1. The van der Waals surface area contributed by atoms with Crippen molar-refractivity contribution in [1.82, 2.24) is 0 Å². The minimum atomic E-state index is -0.983. The van der Waals surface area contributed by atoms with Crippen LogP contribution in [0.5, 0.6) is 0 Å². The smallest absolute Gasteiger partial charge is 0.335 e. The number of thiocarbonyl (C=S) groups is 1. The van der Waals surface area contributed by atoms with Crippen molar-refractivity contribution in [2.24, 2.45) is 0 Å². The van der Waals surface area contributed by atoms with Gasteiger partial charge in [0.05, 0.1) is 5.56 Å². The quantitative estimate of drug-likeness (QED) is 0.741. The second-order valence-corrected chi connectivity index (χ2v) is 5.27. The predicted octanol–water partition coefficient (Wildman–Crippen LogP) is 4.16. The highest BCUT2D eigenvalue weighted by Crippen LogP contribution is 2.20. The van der Waals surface area contributed by atoms with E-state index in [4.69, 9.17) is 28.9 Å². The number of rotatable bonds is 3. The summed E-state index contributed by atoms with van der Waals surface area (Å²) in [5.41, 5.74) is 2.60. The number of aromatic carboxylic acids is 1. The Balaban J connectivity index is 2.10. The summed E-state index contributed by atoms with van der Waals surface area (Å²) < 4.78 is 0. The molecular formula is C15H13ClN2O2S. The van der Waals surface area contributed by atoms with Gasteiger partial charge in [-0.1, -0.05) is 23.7 Å². The van der Waals surface area contributed by atoms with Crippen LogP contribution in [0.2, 0.25) is 5.02 Å². The van der Waals surface area contributed by atoms with Crippen molar-refractivity contribution in [2.75, 3.05) is 10.6 Å². The fraction of sp³-hybridized carbons (Fsp3) is 0.0667. The monoisotopic (exact) mass is 320 g/mol. The van der Waals surface area contributed by atoms with Gasteiger partial charge in [-0.25, -0.2) is 4.79 Å². The Morgan fingerprint density at radius 1 is 1.19 bits per heavy atom. The van der Waals surface area contributed by atoms with Crippen molar-refractivity contribution < 1.29 is 9.90 Å². The zero-order valence-electron chi connectivity index (χ0n) is 11.2. The first kappa shape index (κ1) is 15.3. The molecule has 108 valence electrons. The molecule has 2 aromatic carbocycles. The average Bonchev–Trinajstić information content (AvgIpc) is 2.43. The highest BCUT2D eigenvalue weighted by atomic mass is 35.5. The lowest BCUT2D eigenvalue weighted by Gasteiger charge is -2.13. The predicted molar refractivity (Wildman–Crippen MR) is 89.4 cm³/mol. The van der Waals surface area contributed by atoms with Gasteiger partial charge in [0.2, 0.25) is 0 Å². The normalized spacial score (nSPS) is 10.0. The molecule has 0 saturated carbocycles. The van der Waals surface area contributed by atoms with Gasteiger partial charge in [-0.15, -0.1) is 0 Å². The largest absolute Gasteiger partial charge is 0.478 e. The van der Waals surface area contributed by atoms with E-state index >= 15 is 0 Å². The lowest BCUT2D eigenvalue weighted by molar-refractivity contribution is 0.0697. The van der Waals surface area contributed by atoms with E-state index in [1.165, 1.54) is 12.1 Å². The van der Waals surface area contributed by atoms with Crippen LogP contribution in [0.1, 0.15) is 15.9 Å². The van der Waals surface area contributed by atoms with Crippen LogP contribution in [-0.2, 0) is 0 Å². The average molecular weight is 321 g/mol. The molecule has 3 N–H and O–H groups in total. The molecule has 2 aromatic rings. The maximum absolute atomic E-state index is 10.9. The molecule has 0 unspecified atom stereocenters. The molecule has 0 spiro atoms. The van der Waals surface area contributed by atoms with E-state index in [2.05, 4.69) is 10.6 Å². The fourth-order valence-electron chi connectivity index (χ4n) is 1.74. The van der Waals surface area contributed by atoms with Crippen LogP contribution in [0.3, 0.4) is 0 Å². The topological polar surface area (TPSA) is 61.4 Å². The van der Waals surface area contributed by atoms with Gasteiger partial charge in [-0.3, -0.25) is 0 Å². The summed E-state index contributed by atoms with van der Waals surface area (Å²) >= 11 is 11.2. The molecule has 0 amide bonds. The minimum absolute atomic E-state index is 0.196. The van der Waals surface area contributed by atoms with E-state index in [9.17, 15) is 4.79 Å². The van der Waals surface area contributed by atoms with Crippen LogP contribution >= 0.6 is 23.8 Å². The molecule has 0 fully saturated rings. The number of carboxylic acid groups (broad SMARTS) is 1. The Kier molecular flexibility index (Phi) is 4.77. The standard InChI is InChI=1S/C15H13ClN2O2S/c1-9-5-6-11(16)8-13(9)18-15(21)17-12-4-2-3-10(7-12)14(19)20/h2-8H,1H3,(H,19,20)(H2,17,18,21). The third kappa shape index (κ3) is 4.18. The molecule has 0 heterocycles. The lowest BCUT2D eigenvalue weighted by atomic mass is 10.2. The van der Waals surface area contributed by atoms with Gasteiger partial charge in [-0.05, 0) is 55.0 Å². The van der Waals surface area contributed by atoms with Crippen molar-refractivity contribution in [3.8, 4) is 0 Å². The van der Waals surface area contributed by atoms with E-state index in [1.807, 2.05) is 13.0 Å². The van der Waals surface area contributed by atoms with E-state index in [0.717, 1.165) is 11.3 Å². The molecule has 2 rings (SSSR count). The van der Waals surface area contributed by atoms with Gasteiger partial charge in [-0.2, -0.15) is 0 Å². The van der Waals surface area contributed by atoms with Gasteiger partial charge in [0.25, 0.3) is 0 Å². The Morgan fingerprint density at radius 2 is 1.95 bits per heavy atom. The first-order valence-electron chi connectivity index (χ1n) is 6.13. The summed E-state index contributed by atoms with van der Waals surface area (Å²) in [6.45, 7) is 1.94. The van der Waals surface area contributed by atoms with Crippen LogP contribution in [0, 0.1) is 6.92 Å². The maximum Gasteiger partial charge on any atom is 0.335 e. The molecule has 0 aromatic heterocycles. The van der Waals surface area contributed by atoms with Gasteiger partial charge < -0.3 is 15.7 Å². The summed E-state index contributed by atoms with van der Waals surface area (Å²) in [6.07, 6.45) is 0. The van der Waals surface area contributed by atoms with Crippen LogP contribution in [0.4, 0.5) is 11.4 Å². The number of carboxylic acids is 1. The Morgan fingerprint density at radius 3 is 2.67 bits per heavy atom. The fourth-order valence-corrected chi connectivity index (χ4v) is 2.14. The van der Waals surface area contributed by atoms with Crippen molar-refractivity contribution >= 4 is 46.3 Å². The zero-order valence-corrected chi connectivity index (χ0v) is 12.8. The molecule has 4 nitrogen and oxygen atoms in total. The number of nitrogens with one attached hydrogen (secondary N) is 2. The summed E-state index contributed by atoms with van der Waals surface area (Å²) in [5.74, 6) is -0.983. The van der Waals surface area contributed by atoms with Crippen molar-refractivity contribution in [3.63, 3.8) is 0 Å². The van der Waals surface area contributed by atoms with Crippen molar-refractivity contribution in [2.45, 2.75) is 6.92 Å². The maximum atomic E-state index is 10.9. The molecule has 0 aliphatic rings. The molecule has 0 aliphatic carbocycles. The molecule has 0 atom stereocenters. The molecule has 0 bridgehead atoms. The second kappa shape index (κ2) is 6.56. The Hall–Kier alpha value is -2.11. The highest BCUT2D eigenvalue weighted by Gasteiger charge is 2.06. The third-order valence-corrected chi connectivity index (χ3v) is 3.25. The van der Waals surface area contributed by atoms with Crippen LogP contribution in [-0.4, -0.2) is 16.2 Å². The van der Waals surface area contributed by atoms with Crippen molar-refractivity contribution in [1.29, 1.82) is 0 Å². The molecule has 0 radical (unpaired) electrons. The number of hydrogen-bond donors (Lipinski definition) is 3. The van der Waals surface area contributed by atoms with Gasteiger partial charge in [0.15, 0.2) is 5.11 Å². The second-order valence-electron chi connectivity index (χ2n) is 4.42. The summed E-state index contributed by atoms with van der Waals surface area (Å²) in [7, 11) is 0. The number of aryl methyl sites for hydroxylation is 1. The SMILES string of the molecule is Cc1ccc(Cl)cc1NC(=S)Nc1cccc(C(=O)O)c1. The number of hydrogen-bond acceptors (Lipinski definition) is 2. The number of benzene rings is 2. The Bertz CT molecular complexity index is 704. The van der Waals surface area contributed by atoms with E-state index < -0.39 is 5.97 Å². The van der Waals surface area contributed by atoms with E-state index in [0.29, 0.717) is 15.8 Å². The first-order valence-corrected chi connectivity index (χ1v) is 6.92.